The summed E-state index contributed by atoms with van der Waals surface area (Å²) in [5.41, 5.74) is 6.71. The standard InChI is InChI=1S/C24H24ClN5O3/c25-13-20(31)30-12-4-5-17(14-30)29-24-21(23(26)27-15-28-24)22(32)16-8-10-19(11-9-16)33-18-6-2-1-3-7-18/h1-3,6-11,15,17H,4-5,12-14H2,(H3,26,27,28,29)/t17-/m1/s1. The van der Waals surface area contributed by atoms with Gasteiger partial charge in [-0.3, -0.25) is 9.59 Å². The molecule has 33 heavy (non-hydrogen) atoms. The third kappa shape index (κ3) is 5.40. The summed E-state index contributed by atoms with van der Waals surface area (Å²) in [5, 5.41) is 3.28. The summed E-state index contributed by atoms with van der Waals surface area (Å²) in [6.07, 6.45) is 2.97. The highest BCUT2D eigenvalue weighted by Crippen LogP contribution is 2.26. The second kappa shape index (κ2) is 10.3. The molecule has 8 nitrogen and oxygen atoms in total. The zero-order valence-corrected chi connectivity index (χ0v) is 18.7. The number of ether oxygens (including phenoxy) is 1. The molecular formula is C24H24ClN5O3. The van der Waals surface area contributed by atoms with Crippen molar-refractivity contribution in [3.63, 3.8) is 0 Å². The van der Waals surface area contributed by atoms with Gasteiger partial charge in [-0.05, 0) is 49.2 Å². The van der Waals surface area contributed by atoms with E-state index in [1.54, 1.807) is 29.2 Å². The number of nitrogens with zero attached hydrogens (tertiary/aromatic N) is 3. The van der Waals surface area contributed by atoms with Gasteiger partial charge in [-0.2, -0.15) is 0 Å². The fourth-order valence-electron chi connectivity index (χ4n) is 3.78. The molecule has 1 saturated heterocycles. The van der Waals surface area contributed by atoms with Crippen LogP contribution in [0.15, 0.2) is 60.9 Å². The summed E-state index contributed by atoms with van der Waals surface area (Å²) < 4.78 is 5.79. The van der Waals surface area contributed by atoms with Crippen molar-refractivity contribution in [1.29, 1.82) is 0 Å². The largest absolute Gasteiger partial charge is 0.457 e. The van der Waals surface area contributed by atoms with E-state index in [0.717, 1.165) is 12.8 Å². The van der Waals surface area contributed by atoms with E-state index in [1.807, 2.05) is 30.3 Å². The second-order valence-corrected chi connectivity index (χ2v) is 7.98. The monoisotopic (exact) mass is 465 g/mol. The summed E-state index contributed by atoms with van der Waals surface area (Å²) >= 11 is 5.70. The van der Waals surface area contributed by atoms with Gasteiger partial charge in [-0.15, -0.1) is 11.6 Å². The third-order valence-electron chi connectivity index (χ3n) is 5.43. The fraction of sp³-hybridized carbons (Fsp3) is 0.250. The first-order valence-corrected chi connectivity index (χ1v) is 11.2. The Morgan fingerprint density at radius 3 is 2.55 bits per heavy atom. The molecule has 9 heteroatoms. The molecule has 3 aromatic rings. The smallest absolute Gasteiger partial charge is 0.237 e. The lowest BCUT2D eigenvalue weighted by molar-refractivity contribution is -0.129. The van der Waals surface area contributed by atoms with Crippen LogP contribution in [0, 0.1) is 0 Å². The number of carbonyl (C=O) groups excluding carboxylic acids is 2. The Morgan fingerprint density at radius 2 is 1.82 bits per heavy atom. The number of ketones is 1. The number of aromatic nitrogens is 2. The predicted octanol–water partition coefficient (Wildman–Crippen LogP) is 3.72. The van der Waals surface area contributed by atoms with Gasteiger partial charge in [0.15, 0.2) is 5.78 Å². The molecule has 1 fully saturated rings. The van der Waals surface area contributed by atoms with E-state index in [2.05, 4.69) is 15.3 Å². The zero-order chi connectivity index (χ0) is 23.2. The Kier molecular flexibility index (Phi) is 7.04. The fourth-order valence-corrected chi connectivity index (χ4v) is 3.94. The lowest BCUT2D eigenvalue weighted by Gasteiger charge is -2.33. The number of piperidine rings is 1. The number of para-hydroxylation sites is 1. The zero-order valence-electron chi connectivity index (χ0n) is 17.9. The summed E-state index contributed by atoms with van der Waals surface area (Å²) in [4.78, 5) is 35.3. The Hall–Kier alpha value is -3.65. The molecule has 1 aliphatic heterocycles. The number of nitrogen functional groups attached to an aromatic ring is 1. The van der Waals surface area contributed by atoms with Crippen molar-refractivity contribution in [3.8, 4) is 11.5 Å². The van der Waals surface area contributed by atoms with Gasteiger partial charge in [0.25, 0.3) is 0 Å². The van der Waals surface area contributed by atoms with Crippen LogP contribution in [0.5, 0.6) is 11.5 Å². The van der Waals surface area contributed by atoms with Crippen LogP contribution in [0.25, 0.3) is 0 Å². The number of likely N-dealkylation sites (tertiary alicyclic amines) is 1. The molecule has 0 aliphatic carbocycles. The normalized spacial score (nSPS) is 15.7. The average molecular weight is 466 g/mol. The summed E-state index contributed by atoms with van der Waals surface area (Å²) in [6, 6.07) is 16.1. The number of carbonyl (C=O) groups is 2. The Morgan fingerprint density at radius 1 is 1.09 bits per heavy atom. The first-order valence-electron chi connectivity index (χ1n) is 10.6. The summed E-state index contributed by atoms with van der Waals surface area (Å²) in [7, 11) is 0. The van der Waals surface area contributed by atoms with Crippen LogP contribution in [0.1, 0.15) is 28.8 Å². The molecule has 1 amide bonds. The molecule has 0 spiro atoms. The maximum Gasteiger partial charge on any atom is 0.237 e. The number of hydrogen-bond donors (Lipinski definition) is 2. The highest BCUT2D eigenvalue weighted by Gasteiger charge is 2.26. The van der Waals surface area contributed by atoms with Crippen molar-refractivity contribution in [1.82, 2.24) is 14.9 Å². The van der Waals surface area contributed by atoms with E-state index in [1.165, 1.54) is 6.33 Å². The van der Waals surface area contributed by atoms with Crippen molar-refractivity contribution >= 4 is 34.9 Å². The molecule has 4 rings (SSSR count). The molecule has 1 aliphatic rings. The van der Waals surface area contributed by atoms with Crippen LogP contribution in [-0.2, 0) is 4.79 Å². The van der Waals surface area contributed by atoms with E-state index in [4.69, 9.17) is 22.1 Å². The molecule has 1 aromatic heterocycles. The van der Waals surface area contributed by atoms with Crippen molar-refractivity contribution in [3.05, 3.63) is 72.1 Å². The Bertz CT molecular complexity index is 1120. The minimum atomic E-state index is -0.300. The lowest BCUT2D eigenvalue weighted by Crippen LogP contribution is -2.45. The molecule has 3 N–H and O–H groups in total. The van der Waals surface area contributed by atoms with Gasteiger partial charge in [-0.25, -0.2) is 9.97 Å². The topological polar surface area (TPSA) is 110 Å². The molecule has 2 aromatic carbocycles. The van der Waals surface area contributed by atoms with Gasteiger partial charge in [-0.1, -0.05) is 18.2 Å². The van der Waals surface area contributed by atoms with Crippen LogP contribution in [0.3, 0.4) is 0 Å². The number of alkyl halides is 1. The summed E-state index contributed by atoms with van der Waals surface area (Å²) in [5.74, 6) is 1.29. The van der Waals surface area contributed by atoms with E-state index >= 15 is 0 Å². The summed E-state index contributed by atoms with van der Waals surface area (Å²) in [6.45, 7) is 1.15. The van der Waals surface area contributed by atoms with Gasteiger partial charge in [0.05, 0.1) is 0 Å². The quantitative estimate of drug-likeness (QED) is 0.404. The average Bonchev–Trinajstić information content (AvgIpc) is 2.84. The molecule has 1 atom stereocenters. The van der Waals surface area contributed by atoms with Crippen molar-refractivity contribution < 1.29 is 14.3 Å². The van der Waals surface area contributed by atoms with Gasteiger partial charge >= 0.3 is 0 Å². The molecule has 2 heterocycles. The number of anilines is 2. The SMILES string of the molecule is Nc1ncnc(N[C@@H]2CCCN(C(=O)CCl)C2)c1C(=O)c1ccc(Oc2ccccc2)cc1. The van der Waals surface area contributed by atoms with E-state index in [-0.39, 0.29) is 35.0 Å². The predicted molar refractivity (Wildman–Crippen MR) is 127 cm³/mol. The minimum Gasteiger partial charge on any atom is -0.457 e. The highest BCUT2D eigenvalue weighted by atomic mass is 35.5. The highest BCUT2D eigenvalue weighted by molar-refractivity contribution is 6.27. The van der Waals surface area contributed by atoms with Crippen LogP contribution in [0.4, 0.5) is 11.6 Å². The number of benzene rings is 2. The van der Waals surface area contributed by atoms with Gasteiger partial charge < -0.3 is 20.7 Å². The van der Waals surface area contributed by atoms with Crippen molar-refractivity contribution in [2.45, 2.75) is 18.9 Å². The number of halogens is 1. The number of hydrogen-bond acceptors (Lipinski definition) is 7. The van der Waals surface area contributed by atoms with Crippen molar-refractivity contribution in [2.75, 3.05) is 30.0 Å². The molecular weight excluding hydrogens is 442 g/mol. The number of nitrogens with two attached hydrogens (primary N) is 1. The van der Waals surface area contributed by atoms with Gasteiger partial charge in [0.2, 0.25) is 5.91 Å². The maximum atomic E-state index is 13.3. The van der Waals surface area contributed by atoms with Gasteiger partial charge in [0.1, 0.15) is 40.9 Å². The minimum absolute atomic E-state index is 0.0547. The van der Waals surface area contributed by atoms with E-state index < -0.39 is 0 Å². The van der Waals surface area contributed by atoms with E-state index in [9.17, 15) is 9.59 Å². The second-order valence-electron chi connectivity index (χ2n) is 7.71. The molecule has 0 radical (unpaired) electrons. The van der Waals surface area contributed by atoms with Crippen LogP contribution >= 0.6 is 11.6 Å². The molecule has 0 bridgehead atoms. The van der Waals surface area contributed by atoms with Gasteiger partial charge in [0, 0.05) is 24.7 Å². The maximum absolute atomic E-state index is 13.3. The first kappa shape index (κ1) is 22.5. The molecule has 0 unspecified atom stereocenters. The number of rotatable bonds is 7. The van der Waals surface area contributed by atoms with Crippen LogP contribution < -0.4 is 15.8 Å². The lowest BCUT2D eigenvalue weighted by atomic mass is 10.0. The third-order valence-corrected chi connectivity index (χ3v) is 5.66. The number of nitrogens with one attached hydrogen (secondary N) is 1. The number of amides is 1. The van der Waals surface area contributed by atoms with Crippen LogP contribution in [0.2, 0.25) is 0 Å². The van der Waals surface area contributed by atoms with E-state index in [0.29, 0.717) is 36.0 Å². The first-order chi connectivity index (χ1) is 16.0. The van der Waals surface area contributed by atoms with Crippen LogP contribution in [-0.4, -0.2) is 51.6 Å². The molecule has 0 saturated carbocycles. The molecule has 170 valence electrons. The Labute approximate surface area is 196 Å². The Balaban J connectivity index is 1.52. The van der Waals surface area contributed by atoms with Crippen molar-refractivity contribution in [2.24, 2.45) is 0 Å².